The van der Waals surface area contributed by atoms with Gasteiger partial charge in [-0.15, -0.1) is 0 Å². The lowest BCUT2D eigenvalue weighted by Gasteiger charge is -2.20. The smallest absolute Gasteiger partial charge is 0.382 e. The molecule has 4 atom stereocenters. The highest BCUT2D eigenvalue weighted by Crippen LogP contribution is 2.38. The van der Waals surface area contributed by atoms with Crippen LogP contribution in [0.15, 0.2) is 36.7 Å². The highest BCUT2D eigenvalue weighted by molar-refractivity contribution is 7.40. The molecule has 3 aromatic rings. The van der Waals surface area contributed by atoms with Crippen molar-refractivity contribution in [1.29, 1.82) is 5.26 Å². The first-order chi connectivity index (χ1) is 27.1. The molecule has 56 heavy (non-hydrogen) atoms. The van der Waals surface area contributed by atoms with Gasteiger partial charge in [-0.25, -0.2) is 13.9 Å². The predicted molar refractivity (Wildman–Crippen MR) is 206 cm³/mol. The Kier molecular flexibility index (Phi) is 20.8. The molecule has 3 N–H and O–H groups in total. The first kappa shape index (κ1) is 45.7. The fourth-order valence-corrected chi connectivity index (χ4v) is 7.46. The molecule has 3 heterocycles. The number of nitriles is 1. The molecule has 2 aromatic heterocycles. The molecular weight excluding hydrogens is 753 g/mol. The quantitative estimate of drug-likeness (QED) is 0.0395. The van der Waals surface area contributed by atoms with Crippen LogP contribution < -0.4 is 5.73 Å². The first-order valence-corrected chi connectivity index (χ1v) is 21.2. The van der Waals surface area contributed by atoms with Crippen LogP contribution in [0.5, 0.6) is 0 Å². The maximum atomic E-state index is 14.0. The van der Waals surface area contributed by atoms with E-state index >= 15 is 0 Å². The number of fused-ring (bicyclic) bond motifs is 1. The normalized spacial score (nSPS) is 17.1. The van der Waals surface area contributed by atoms with Crippen molar-refractivity contribution in [1.82, 2.24) is 14.6 Å². The summed E-state index contributed by atoms with van der Waals surface area (Å²) in [4.78, 5) is 14.6. The molecule has 1 saturated heterocycles. The molecule has 0 bridgehead atoms. The number of unbranched alkanes of at least 4 members (excludes halogenated alkanes) is 14. The molecule has 0 amide bonds. The maximum Gasteiger partial charge on any atom is 0.389 e. The third kappa shape index (κ3) is 17.7. The van der Waals surface area contributed by atoms with Crippen LogP contribution in [0.2, 0.25) is 0 Å². The lowest BCUT2D eigenvalue weighted by molar-refractivity contribution is -0.135. The Morgan fingerprint density at radius 1 is 0.911 bits per heavy atom. The van der Waals surface area contributed by atoms with E-state index in [0.29, 0.717) is 29.9 Å². The van der Waals surface area contributed by atoms with Gasteiger partial charge in [0.1, 0.15) is 29.9 Å². The van der Waals surface area contributed by atoms with Crippen LogP contribution in [0.3, 0.4) is 0 Å². The molecule has 0 aliphatic carbocycles. The third-order valence-electron chi connectivity index (χ3n) is 9.82. The molecule has 1 aliphatic heterocycles. The van der Waals surface area contributed by atoms with Crippen molar-refractivity contribution in [2.24, 2.45) is 0 Å². The molecule has 0 radical (unpaired) electrons. The van der Waals surface area contributed by atoms with Gasteiger partial charge in [0.2, 0.25) is 0 Å². The highest BCUT2D eigenvalue weighted by atomic mass is 31.2. The van der Waals surface area contributed by atoms with Crippen molar-refractivity contribution >= 4 is 19.9 Å². The van der Waals surface area contributed by atoms with Crippen LogP contribution in [-0.2, 0) is 29.9 Å². The summed E-state index contributed by atoms with van der Waals surface area (Å²) in [6.07, 6.45) is 12.6. The average Bonchev–Trinajstić information content (AvgIpc) is 3.83. The lowest BCUT2D eigenvalue weighted by atomic mass is 10.0. The topological polar surface area (TPSA) is 146 Å². The van der Waals surface area contributed by atoms with Crippen molar-refractivity contribution in [3.63, 3.8) is 0 Å². The SMILES string of the molecule is N#Cc1cc(F)cc(COC(COCCCCCCCCCCCCCCCCCC(F)(F)F)COP(O)OCC2CCC(c3ccc4c(N)ncnn34)O2)c1. The Morgan fingerprint density at radius 3 is 2.23 bits per heavy atom. The largest absolute Gasteiger partial charge is 0.389 e. The minimum absolute atomic E-state index is 0.0145. The number of nitrogen functional groups attached to an aromatic ring is 1. The number of aromatic nitrogens is 3. The highest BCUT2D eigenvalue weighted by Gasteiger charge is 2.30. The molecule has 4 rings (SSSR count). The van der Waals surface area contributed by atoms with Crippen LogP contribution in [0.1, 0.15) is 138 Å². The van der Waals surface area contributed by atoms with Crippen LogP contribution in [0.25, 0.3) is 5.52 Å². The van der Waals surface area contributed by atoms with Crippen molar-refractivity contribution in [3.8, 4) is 6.07 Å². The Labute approximate surface area is 329 Å². The van der Waals surface area contributed by atoms with E-state index in [4.69, 9.17) is 29.0 Å². The number of benzene rings is 1. The zero-order valence-corrected chi connectivity index (χ0v) is 33.2. The van der Waals surface area contributed by atoms with Crippen LogP contribution >= 0.6 is 8.60 Å². The molecule has 312 valence electrons. The zero-order chi connectivity index (χ0) is 40.0. The fourth-order valence-electron chi connectivity index (χ4n) is 6.79. The lowest BCUT2D eigenvalue weighted by Crippen LogP contribution is -2.25. The van der Waals surface area contributed by atoms with E-state index in [2.05, 4.69) is 10.1 Å². The van der Waals surface area contributed by atoms with Gasteiger partial charge in [0.25, 0.3) is 0 Å². The van der Waals surface area contributed by atoms with E-state index in [1.807, 2.05) is 18.2 Å². The standard InChI is InChI=1S/C40H58F4N5O6P/c41-33-23-31(25-45)22-32(24-33)26-52-35(27-51-21-15-13-11-9-7-5-3-1-2-4-6-8-10-12-14-20-40(42,43)44)29-54-56(50)53-28-34-16-19-38(55-34)36-17-18-37-39(46)47-30-48-49(36)37/h17-18,22-24,30,34-35,38,50H,1-16,19-21,26-29H2,(H2,46,47,48). The molecule has 1 aromatic carbocycles. The van der Waals surface area contributed by atoms with Gasteiger partial charge in [-0.2, -0.15) is 23.5 Å². The van der Waals surface area contributed by atoms with Gasteiger partial charge in [-0.1, -0.05) is 83.5 Å². The summed E-state index contributed by atoms with van der Waals surface area (Å²) in [5.41, 5.74) is 8.24. The van der Waals surface area contributed by atoms with Gasteiger partial charge in [0.15, 0.2) is 5.82 Å². The summed E-state index contributed by atoms with van der Waals surface area (Å²) in [5, 5.41) is 13.5. The number of hydrogen-bond donors (Lipinski definition) is 2. The number of ether oxygens (including phenoxy) is 3. The van der Waals surface area contributed by atoms with E-state index in [0.717, 1.165) is 69.5 Å². The van der Waals surface area contributed by atoms with E-state index in [-0.39, 0.29) is 50.6 Å². The fraction of sp³-hybridized carbons (Fsp3) is 0.675. The molecular formula is C40H58F4N5O6P. The number of hydrogen-bond acceptors (Lipinski definition) is 10. The summed E-state index contributed by atoms with van der Waals surface area (Å²) in [7, 11) is -2.23. The van der Waals surface area contributed by atoms with E-state index in [1.54, 1.807) is 10.6 Å². The van der Waals surface area contributed by atoms with Crippen molar-refractivity contribution in [2.45, 2.75) is 147 Å². The second-order valence-electron chi connectivity index (χ2n) is 14.5. The monoisotopic (exact) mass is 811 g/mol. The maximum absolute atomic E-state index is 14.0. The summed E-state index contributed by atoms with van der Waals surface area (Å²) < 4.78 is 81.6. The minimum atomic E-state index is -4.02. The number of anilines is 1. The minimum Gasteiger partial charge on any atom is -0.382 e. The number of rotatable bonds is 29. The number of nitrogens with two attached hydrogens (primary N) is 1. The Hall–Kier alpha value is -2.96. The summed E-state index contributed by atoms with van der Waals surface area (Å²) >= 11 is 0. The van der Waals surface area contributed by atoms with Crippen molar-refractivity contribution < 1.29 is 45.7 Å². The Bertz CT molecular complexity index is 1590. The van der Waals surface area contributed by atoms with Crippen LogP contribution in [0.4, 0.5) is 23.4 Å². The molecule has 4 unspecified atom stereocenters. The number of alkyl halides is 3. The van der Waals surface area contributed by atoms with Gasteiger partial charge in [0.05, 0.1) is 49.9 Å². The first-order valence-electron chi connectivity index (χ1n) is 20.1. The number of halogens is 4. The average molecular weight is 812 g/mol. The van der Waals surface area contributed by atoms with Gasteiger partial charge in [0, 0.05) is 13.0 Å². The second kappa shape index (κ2) is 25.4. The van der Waals surface area contributed by atoms with Crippen molar-refractivity contribution in [3.05, 3.63) is 59.3 Å². The van der Waals surface area contributed by atoms with Gasteiger partial charge >= 0.3 is 14.8 Å². The van der Waals surface area contributed by atoms with Gasteiger partial charge < -0.3 is 33.9 Å². The van der Waals surface area contributed by atoms with Crippen molar-refractivity contribution in [2.75, 3.05) is 32.2 Å². The van der Waals surface area contributed by atoms with Crippen LogP contribution in [-0.4, -0.2) is 64.3 Å². The van der Waals surface area contributed by atoms with E-state index in [1.165, 1.54) is 50.9 Å². The van der Waals surface area contributed by atoms with Gasteiger partial charge in [-0.05, 0) is 61.6 Å². The summed E-state index contributed by atoms with van der Waals surface area (Å²) in [5.74, 6) is -0.134. The number of nitrogens with zero attached hydrogens (tertiary/aromatic N) is 4. The Morgan fingerprint density at radius 2 is 1.57 bits per heavy atom. The Balaban J connectivity index is 1.06. The molecule has 0 saturated carbocycles. The molecule has 1 aliphatic rings. The second-order valence-corrected chi connectivity index (χ2v) is 15.5. The molecule has 16 heteroatoms. The van der Waals surface area contributed by atoms with E-state index < -0.39 is 33.1 Å². The van der Waals surface area contributed by atoms with Crippen LogP contribution in [0, 0.1) is 17.1 Å². The zero-order valence-electron chi connectivity index (χ0n) is 32.3. The van der Waals surface area contributed by atoms with E-state index in [9.17, 15) is 27.7 Å². The third-order valence-corrected chi connectivity index (χ3v) is 10.6. The molecule has 11 nitrogen and oxygen atoms in total. The predicted octanol–water partition coefficient (Wildman–Crippen LogP) is 10.2. The van der Waals surface area contributed by atoms with Gasteiger partial charge in [-0.3, -0.25) is 0 Å². The summed E-state index contributed by atoms with van der Waals surface area (Å²) in [6, 6.07) is 9.76. The molecule has 1 fully saturated rings. The molecule has 0 spiro atoms. The summed E-state index contributed by atoms with van der Waals surface area (Å²) in [6.45, 7) is 0.905.